The van der Waals surface area contributed by atoms with Crippen LogP contribution in [0.25, 0.3) is 0 Å². The molecule has 1 aromatic rings. The average Bonchev–Trinajstić information content (AvgIpc) is 2.55. The zero-order valence-electron chi connectivity index (χ0n) is 12.8. The van der Waals surface area contributed by atoms with Gasteiger partial charge in [-0.2, -0.15) is 0 Å². The molecule has 1 aromatic carbocycles. The second-order valence-electron chi connectivity index (χ2n) is 6.47. The lowest BCUT2D eigenvalue weighted by Gasteiger charge is -2.41. The van der Waals surface area contributed by atoms with Crippen LogP contribution in [-0.2, 0) is 4.79 Å². The van der Waals surface area contributed by atoms with Crippen LogP contribution < -0.4 is 0 Å². The first-order chi connectivity index (χ1) is 10.6. The molecule has 0 N–H and O–H groups in total. The van der Waals surface area contributed by atoms with Crippen molar-refractivity contribution in [3.05, 3.63) is 57.2 Å². The number of carbonyl (C=O) groups is 1. The fraction of sp³-hybridized carbons (Fsp3) is 0.500. The molecule has 4 nitrogen and oxygen atoms in total. The van der Waals surface area contributed by atoms with Gasteiger partial charge in [-0.25, -0.2) is 0 Å². The van der Waals surface area contributed by atoms with E-state index in [2.05, 4.69) is 0 Å². The van der Waals surface area contributed by atoms with Gasteiger partial charge in [0.1, 0.15) is 6.29 Å². The molecule has 1 fully saturated rings. The van der Waals surface area contributed by atoms with E-state index in [1.807, 2.05) is 37.3 Å². The summed E-state index contributed by atoms with van der Waals surface area (Å²) < 4.78 is 0. The maximum Gasteiger partial charge on any atom is 0.227 e. The average molecular weight is 299 g/mol. The second-order valence-corrected chi connectivity index (χ2v) is 6.47. The van der Waals surface area contributed by atoms with Gasteiger partial charge < -0.3 is 0 Å². The highest BCUT2D eigenvalue weighted by Crippen LogP contribution is 2.49. The number of fused-ring (bicyclic) bond motifs is 1. The van der Waals surface area contributed by atoms with Gasteiger partial charge in [0.05, 0.1) is 5.92 Å². The zero-order valence-corrected chi connectivity index (χ0v) is 12.8. The van der Waals surface area contributed by atoms with E-state index in [0.717, 1.165) is 37.5 Å². The fourth-order valence-electron chi connectivity index (χ4n) is 4.40. The third kappa shape index (κ3) is 2.36. The fourth-order valence-corrected chi connectivity index (χ4v) is 4.40. The highest BCUT2D eigenvalue weighted by molar-refractivity contribution is 5.78. The predicted octanol–water partition coefficient (Wildman–Crippen LogP) is 3.75. The first-order valence-corrected chi connectivity index (χ1v) is 8.01. The molecule has 0 aliphatic heterocycles. The molecule has 0 aromatic heterocycles. The number of carbonyl (C=O) groups excluding carboxylic acids is 1. The molecule has 116 valence electrons. The maximum atomic E-state index is 11.8. The van der Waals surface area contributed by atoms with Crippen molar-refractivity contribution >= 4 is 6.29 Å². The van der Waals surface area contributed by atoms with Gasteiger partial charge in [-0.15, -0.1) is 0 Å². The summed E-state index contributed by atoms with van der Waals surface area (Å²) in [6, 6.07) is 8.76. The summed E-state index contributed by atoms with van der Waals surface area (Å²) in [6.45, 7) is 1.99. The molecule has 2 aliphatic carbocycles. The molecule has 0 amide bonds. The Labute approximate surface area is 130 Å². The maximum absolute atomic E-state index is 11.8. The molecule has 0 unspecified atom stereocenters. The van der Waals surface area contributed by atoms with Crippen LogP contribution in [0.5, 0.6) is 0 Å². The molecule has 2 aliphatic rings. The van der Waals surface area contributed by atoms with Crippen LogP contribution in [0.2, 0.25) is 0 Å². The minimum absolute atomic E-state index is 0.0285. The van der Waals surface area contributed by atoms with Gasteiger partial charge in [-0.3, -0.25) is 14.9 Å². The summed E-state index contributed by atoms with van der Waals surface area (Å²) in [7, 11) is 0. The Bertz CT molecular complexity index is 608. The van der Waals surface area contributed by atoms with Gasteiger partial charge in [0.25, 0.3) is 0 Å². The van der Waals surface area contributed by atoms with Gasteiger partial charge >= 0.3 is 0 Å². The summed E-state index contributed by atoms with van der Waals surface area (Å²) in [6.07, 6.45) is 4.95. The topological polar surface area (TPSA) is 60.2 Å². The van der Waals surface area contributed by atoms with Crippen LogP contribution in [0.1, 0.15) is 44.1 Å². The van der Waals surface area contributed by atoms with Crippen molar-refractivity contribution in [2.24, 2.45) is 11.8 Å². The molecule has 4 heteroatoms. The summed E-state index contributed by atoms with van der Waals surface area (Å²) in [5.74, 6) is -0.239. The largest absolute Gasteiger partial charge is 0.298 e. The van der Waals surface area contributed by atoms with Crippen molar-refractivity contribution in [3.63, 3.8) is 0 Å². The molecule has 0 heterocycles. The molecule has 0 bridgehead atoms. The number of hydrogen-bond acceptors (Lipinski definition) is 3. The van der Waals surface area contributed by atoms with Crippen LogP contribution >= 0.6 is 0 Å². The Morgan fingerprint density at radius 1 is 1.23 bits per heavy atom. The molecule has 1 saturated carbocycles. The first kappa shape index (κ1) is 14.9. The molecular formula is C18H21NO3. The lowest BCUT2D eigenvalue weighted by atomic mass is 9.62. The Balaban J connectivity index is 2.17. The van der Waals surface area contributed by atoms with E-state index in [1.165, 1.54) is 5.57 Å². The number of aldehydes is 1. The summed E-state index contributed by atoms with van der Waals surface area (Å²) in [5.41, 5.74) is 2.74. The van der Waals surface area contributed by atoms with Crippen molar-refractivity contribution in [2.75, 3.05) is 0 Å². The molecule has 0 radical (unpaired) electrons. The number of benzene rings is 1. The predicted molar refractivity (Wildman–Crippen MR) is 84.2 cm³/mol. The quantitative estimate of drug-likeness (QED) is 0.485. The van der Waals surface area contributed by atoms with Gasteiger partial charge in [0.15, 0.2) is 0 Å². The molecule has 0 saturated heterocycles. The van der Waals surface area contributed by atoms with E-state index in [0.29, 0.717) is 5.57 Å². The Morgan fingerprint density at radius 2 is 1.95 bits per heavy atom. The normalized spacial score (nSPS) is 31.5. The molecular weight excluding hydrogens is 278 g/mol. The van der Waals surface area contributed by atoms with Crippen molar-refractivity contribution in [1.82, 2.24) is 0 Å². The van der Waals surface area contributed by atoms with Crippen molar-refractivity contribution in [1.29, 1.82) is 0 Å². The zero-order chi connectivity index (χ0) is 15.7. The lowest BCUT2D eigenvalue weighted by molar-refractivity contribution is -0.537. The second kappa shape index (κ2) is 6.03. The number of allylic oxidation sites excluding steroid dienone is 1. The van der Waals surface area contributed by atoms with E-state index in [4.69, 9.17) is 0 Å². The standard InChI is InChI=1S/C18H21NO3/c1-12-14-9-5-6-10-15(14)16(11-20)17(18(12)19(21)22)13-7-3-2-4-8-13/h2-4,7-8,11-12,14,17-18H,5-6,9-10H2,1H3/t12-,14+,17+,18+/m0/s1. The smallest absolute Gasteiger partial charge is 0.227 e. The van der Waals surface area contributed by atoms with E-state index in [9.17, 15) is 14.9 Å². The number of hydrogen-bond donors (Lipinski definition) is 0. The minimum atomic E-state index is -0.713. The first-order valence-electron chi connectivity index (χ1n) is 8.01. The van der Waals surface area contributed by atoms with Crippen LogP contribution in [0.15, 0.2) is 41.5 Å². The molecule has 0 spiro atoms. The van der Waals surface area contributed by atoms with Crippen LogP contribution in [0.4, 0.5) is 0 Å². The van der Waals surface area contributed by atoms with Crippen molar-refractivity contribution < 1.29 is 9.72 Å². The monoisotopic (exact) mass is 299 g/mol. The third-order valence-corrected chi connectivity index (χ3v) is 5.41. The summed E-state index contributed by atoms with van der Waals surface area (Å²) in [5, 5.41) is 11.8. The highest BCUT2D eigenvalue weighted by atomic mass is 16.6. The third-order valence-electron chi connectivity index (χ3n) is 5.41. The van der Waals surface area contributed by atoms with E-state index < -0.39 is 12.0 Å². The summed E-state index contributed by atoms with van der Waals surface area (Å²) in [4.78, 5) is 23.4. The van der Waals surface area contributed by atoms with E-state index >= 15 is 0 Å². The molecule has 4 atom stereocenters. The Morgan fingerprint density at radius 3 is 2.59 bits per heavy atom. The van der Waals surface area contributed by atoms with Gasteiger partial charge in [0, 0.05) is 16.4 Å². The van der Waals surface area contributed by atoms with Crippen LogP contribution in [0, 0.1) is 22.0 Å². The van der Waals surface area contributed by atoms with Crippen molar-refractivity contribution in [3.8, 4) is 0 Å². The molecule has 3 rings (SSSR count). The number of nitrogens with zero attached hydrogens (tertiary/aromatic N) is 1. The van der Waals surface area contributed by atoms with E-state index in [-0.39, 0.29) is 16.8 Å². The number of rotatable bonds is 3. The number of nitro groups is 1. The lowest BCUT2D eigenvalue weighted by Crippen LogP contribution is -2.44. The van der Waals surface area contributed by atoms with Crippen molar-refractivity contribution in [2.45, 2.75) is 44.6 Å². The summed E-state index contributed by atoms with van der Waals surface area (Å²) >= 11 is 0. The highest BCUT2D eigenvalue weighted by Gasteiger charge is 2.49. The van der Waals surface area contributed by atoms with Gasteiger partial charge in [-0.1, -0.05) is 49.2 Å². The van der Waals surface area contributed by atoms with Crippen LogP contribution in [-0.4, -0.2) is 17.3 Å². The van der Waals surface area contributed by atoms with E-state index in [1.54, 1.807) is 0 Å². The SMILES string of the molecule is C[C@@H]1[C@@H]([N+](=O)[O-])[C@H](c2ccccc2)C(C=O)=C2CCCC[C@@H]21. The Hall–Kier alpha value is -1.97. The van der Waals surface area contributed by atoms with Crippen LogP contribution in [0.3, 0.4) is 0 Å². The van der Waals surface area contributed by atoms with Gasteiger partial charge in [0.2, 0.25) is 6.04 Å². The molecule has 22 heavy (non-hydrogen) atoms. The van der Waals surface area contributed by atoms with Gasteiger partial charge in [-0.05, 0) is 30.7 Å². The minimum Gasteiger partial charge on any atom is -0.298 e. The Kier molecular flexibility index (Phi) is 4.10.